The number of aromatic nitrogens is 2. The summed E-state index contributed by atoms with van der Waals surface area (Å²) in [7, 11) is 0. The van der Waals surface area contributed by atoms with Gasteiger partial charge in [-0.15, -0.1) is 0 Å². The molecule has 0 unspecified atom stereocenters. The molecule has 2 N–H and O–H groups in total. The van der Waals surface area contributed by atoms with E-state index in [2.05, 4.69) is 10.6 Å². The van der Waals surface area contributed by atoms with Crippen LogP contribution < -0.4 is 10.6 Å². The molecule has 9 nitrogen and oxygen atoms in total. The van der Waals surface area contributed by atoms with Crippen molar-refractivity contribution >= 4 is 29.4 Å². The Hall–Kier alpha value is -4.92. The summed E-state index contributed by atoms with van der Waals surface area (Å²) in [6.07, 6.45) is 0. The van der Waals surface area contributed by atoms with Crippen LogP contribution in [0.1, 0.15) is 42.4 Å². The van der Waals surface area contributed by atoms with Gasteiger partial charge in [-0.05, 0) is 76.6 Å². The van der Waals surface area contributed by atoms with Gasteiger partial charge >= 0.3 is 12.0 Å². The number of ether oxygens (including phenoxy) is 1. The normalized spacial score (nSPS) is 10.8. The number of carbonyl (C=O) groups excluding carboxylic acids is 3. The zero-order chi connectivity index (χ0) is 29.5. The number of hydrogen-bond acceptors (Lipinski definition) is 5. The van der Waals surface area contributed by atoms with Crippen LogP contribution in [0.4, 0.5) is 16.3 Å². The van der Waals surface area contributed by atoms with Gasteiger partial charge in [0.05, 0.1) is 23.6 Å². The van der Waals surface area contributed by atoms with Crippen LogP contribution in [0.5, 0.6) is 0 Å². The number of hydrogen-bond donors (Lipinski definition) is 2. The second kappa shape index (κ2) is 13.0. The lowest BCUT2D eigenvalue weighted by molar-refractivity contribution is -0.117. The first-order chi connectivity index (χ1) is 19.7. The first kappa shape index (κ1) is 29.1. The van der Waals surface area contributed by atoms with Gasteiger partial charge in [0.25, 0.3) is 0 Å². The predicted octanol–water partition coefficient (Wildman–Crippen LogP) is 6.21. The second-order valence-electron chi connectivity index (χ2n) is 9.92. The van der Waals surface area contributed by atoms with Crippen LogP contribution in [-0.4, -0.2) is 51.8 Å². The number of amides is 3. The van der Waals surface area contributed by atoms with E-state index in [-0.39, 0.29) is 25.1 Å². The van der Waals surface area contributed by atoms with Gasteiger partial charge in [-0.25, -0.2) is 14.3 Å². The number of esters is 1. The number of carbonyl (C=O) groups is 3. The summed E-state index contributed by atoms with van der Waals surface area (Å²) in [5.41, 5.74) is 5.29. The highest BCUT2D eigenvalue weighted by Crippen LogP contribution is 2.33. The molecule has 41 heavy (non-hydrogen) atoms. The van der Waals surface area contributed by atoms with Crippen molar-refractivity contribution in [3.63, 3.8) is 0 Å². The summed E-state index contributed by atoms with van der Waals surface area (Å²) >= 11 is 0. The standard InChI is InChI=1S/C32H35N5O4/c1-6-41-31(39)25-14-16-26(17-15-25)33-32(40)36(21(2)3)20-28(38)34-30-29(24-10-8-7-9-11-24)23(5)35-37(30)27-18-12-22(4)13-19-27/h7-19,21H,6,20H2,1-5H3,(H,33,40)(H,34,38). The Morgan fingerprint density at radius 1 is 0.902 bits per heavy atom. The van der Waals surface area contributed by atoms with E-state index in [1.807, 2.05) is 82.3 Å². The largest absolute Gasteiger partial charge is 0.462 e. The second-order valence-corrected chi connectivity index (χ2v) is 9.92. The van der Waals surface area contributed by atoms with Crippen molar-refractivity contribution in [2.24, 2.45) is 0 Å². The van der Waals surface area contributed by atoms with E-state index in [0.29, 0.717) is 17.1 Å². The third-order valence-corrected chi connectivity index (χ3v) is 6.50. The smallest absolute Gasteiger partial charge is 0.338 e. The summed E-state index contributed by atoms with van der Waals surface area (Å²) in [5.74, 6) is -0.265. The lowest BCUT2D eigenvalue weighted by Gasteiger charge is -2.26. The van der Waals surface area contributed by atoms with Crippen molar-refractivity contribution < 1.29 is 19.1 Å². The molecule has 0 aliphatic heterocycles. The zero-order valence-corrected chi connectivity index (χ0v) is 24.0. The van der Waals surface area contributed by atoms with Crippen molar-refractivity contribution in [1.82, 2.24) is 14.7 Å². The molecule has 0 atom stereocenters. The van der Waals surface area contributed by atoms with Crippen molar-refractivity contribution in [3.05, 3.63) is 95.7 Å². The van der Waals surface area contributed by atoms with Gasteiger partial charge in [-0.3, -0.25) is 4.79 Å². The molecule has 0 aliphatic rings. The molecule has 0 fully saturated rings. The van der Waals surface area contributed by atoms with Crippen LogP contribution in [0, 0.1) is 13.8 Å². The van der Waals surface area contributed by atoms with E-state index >= 15 is 0 Å². The quantitative estimate of drug-likeness (QED) is 0.240. The molecule has 0 aliphatic carbocycles. The van der Waals surface area contributed by atoms with E-state index in [0.717, 1.165) is 28.1 Å². The molecule has 212 valence electrons. The zero-order valence-electron chi connectivity index (χ0n) is 24.0. The highest BCUT2D eigenvalue weighted by molar-refractivity contribution is 5.99. The molecular weight excluding hydrogens is 518 g/mol. The van der Waals surface area contributed by atoms with Crippen LogP contribution in [0.3, 0.4) is 0 Å². The third-order valence-electron chi connectivity index (χ3n) is 6.50. The summed E-state index contributed by atoms with van der Waals surface area (Å²) in [6, 6.07) is 23.3. The van der Waals surface area contributed by atoms with Crippen molar-refractivity contribution in [2.45, 2.75) is 40.7 Å². The van der Waals surface area contributed by atoms with Crippen LogP contribution in [-0.2, 0) is 9.53 Å². The predicted molar refractivity (Wildman–Crippen MR) is 160 cm³/mol. The number of nitrogens with one attached hydrogen (secondary N) is 2. The molecule has 0 bridgehead atoms. The van der Waals surface area contributed by atoms with Gasteiger partial charge in [0.1, 0.15) is 12.4 Å². The molecule has 0 saturated heterocycles. The number of benzene rings is 3. The van der Waals surface area contributed by atoms with E-state index in [1.54, 1.807) is 35.9 Å². The topological polar surface area (TPSA) is 106 Å². The molecule has 4 aromatic rings. The van der Waals surface area contributed by atoms with Crippen molar-refractivity contribution in [1.29, 1.82) is 0 Å². The fourth-order valence-electron chi connectivity index (χ4n) is 4.38. The van der Waals surface area contributed by atoms with E-state index in [9.17, 15) is 14.4 Å². The van der Waals surface area contributed by atoms with Crippen molar-refractivity contribution in [2.75, 3.05) is 23.8 Å². The molecule has 0 radical (unpaired) electrons. The van der Waals surface area contributed by atoms with Crippen LogP contribution in [0.15, 0.2) is 78.9 Å². The lowest BCUT2D eigenvalue weighted by Crippen LogP contribution is -2.44. The number of rotatable bonds is 9. The minimum atomic E-state index is -0.439. The molecule has 1 heterocycles. The van der Waals surface area contributed by atoms with E-state index in [1.165, 1.54) is 4.90 Å². The average molecular weight is 554 g/mol. The highest BCUT2D eigenvalue weighted by Gasteiger charge is 2.24. The van der Waals surface area contributed by atoms with Gasteiger partial charge in [0.15, 0.2) is 0 Å². The van der Waals surface area contributed by atoms with Crippen LogP contribution >= 0.6 is 0 Å². The summed E-state index contributed by atoms with van der Waals surface area (Å²) in [4.78, 5) is 40.0. The molecule has 0 saturated carbocycles. The number of nitrogens with zero attached hydrogens (tertiary/aromatic N) is 3. The Kier molecular flexibility index (Phi) is 9.19. The molecule has 4 rings (SSSR count). The monoisotopic (exact) mass is 553 g/mol. The van der Waals surface area contributed by atoms with Crippen LogP contribution in [0.2, 0.25) is 0 Å². The Morgan fingerprint density at radius 2 is 1.56 bits per heavy atom. The number of aryl methyl sites for hydroxylation is 2. The molecule has 1 aromatic heterocycles. The highest BCUT2D eigenvalue weighted by atomic mass is 16.5. The Bertz CT molecular complexity index is 1510. The first-order valence-electron chi connectivity index (χ1n) is 13.5. The molecule has 3 amide bonds. The summed E-state index contributed by atoms with van der Waals surface area (Å²) < 4.78 is 6.73. The first-order valence-corrected chi connectivity index (χ1v) is 13.5. The Balaban J connectivity index is 1.56. The van der Waals surface area contributed by atoms with Crippen molar-refractivity contribution in [3.8, 4) is 16.8 Å². The van der Waals surface area contributed by atoms with Gasteiger partial charge in [-0.1, -0.05) is 48.0 Å². The van der Waals surface area contributed by atoms with Gasteiger partial charge in [0.2, 0.25) is 5.91 Å². The van der Waals surface area contributed by atoms with Gasteiger partial charge in [0, 0.05) is 17.3 Å². The molecule has 3 aromatic carbocycles. The molecule has 9 heteroatoms. The summed E-state index contributed by atoms with van der Waals surface area (Å²) in [5, 5.41) is 10.6. The SMILES string of the molecule is CCOC(=O)c1ccc(NC(=O)N(CC(=O)Nc2c(-c3ccccc3)c(C)nn2-c2ccc(C)cc2)C(C)C)cc1. The third kappa shape index (κ3) is 7.00. The Morgan fingerprint density at radius 3 is 2.17 bits per heavy atom. The molecular formula is C32H35N5O4. The summed E-state index contributed by atoms with van der Waals surface area (Å²) in [6.45, 7) is 9.43. The fraction of sp³-hybridized carbons (Fsp3) is 0.250. The number of anilines is 2. The molecule has 0 spiro atoms. The van der Waals surface area contributed by atoms with Crippen LogP contribution in [0.25, 0.3) is 16.8 Å². The maximum atomic E-state index is 13.5. The minimum Gasteiger partial charge on any atom is -0.462 e. The fourth-order valence-corrected chi connectivity index (χ4v) is 4.38. The minimum absolute atomic E-state index is 0.184. The average Bonchev–Trinajstić information content (AvgIpc) is 3.28. The maximum Gasteiger partial charge on any atom is 0.338 e. The number of urea groups is 1. The van der Waals surface area contributed by atoms with Gasteiger partial charge < -0.3 is 20.3 Å². The Labute approximate surface area is 240 Å². The van der Waals surface area contributed by atoms with Gasteiger partial charge in [-0.2, -0.15) is 5.10 Å². The van der Waals surface area contributed by atoms with E-state index < -0.39 is 12.0 Å². The maximum absolute atomic E-state index is 13.5. The lowest BCUT2D eigenvalue weighted by atomic mass is 10.1. The van der Waals surface area contributed by atoms with E-state index in [4.69, 9.17) is 9.84 Å².